The maximum atomic E-state index is 12.1. The van der Waals surface area contributed by atoms with E-state index in [-0.39, 0.29) is 23.9 Å². The first-order valence-electron chi connectivity index (χ1n) is 6.45. The zero-order valence-corrected chi connectivity index (χ0v) is 10.7. The number of likely N-dealkylation sites (tertiary alicyclic amines) is 1. The predicted octanol–water partition coefficient (Wildman–Crippen LogP) is 0.761. The molecule has 1 atom stereocenters. The van der Waals surface area contributed by atoms with E-state index in [1.54, 1.807) is 0 Å². The van der Waals surface area contributed by atoms with Crippen LogP contribution in [0.2, 0.25) is 0 Å². The number of hydrogen-bond donors (Lipinski definition) is 1. The van der Waals surface area contributed by atoms with Crippen LogP contribution in [0, 0.1) is 0 Å². The third-order valence-electron chi connectivity index (χ3n) is 3.75. The Morgan fingerprint density at radius 1 is 1.12 bits per heavy atom. The molecule has 2 amide bonds. The molecule has 3 rings (SSSR count). The van der Waals surface area contributed by atoms with Gasteiger partial charge in [-0.1, -0.05) is 0 Å². The van der Waals surface area contributed by atoms with Crippen molar-refractivity contribution in [2.24, 2.45) is 0 Å². The Morgan fingerprint density at radius 3 is 2.47 bits per heavy atom. The van der Waals surface area contributed by atoms with E-state index in [0.717, 1.165) is 25.7 Å². The van der Waals surface area contributed by atoms with Gasteiger partial charge in [0.15, 0.2) is 0 Å². The van der Waals surface area contributed by atoms with E-state index in [1.807, 2.05) is 11.8 Å². The number of carbonyl (C=O) groups excluding carboxylic acids is 2. The summed E-state index contributed by atoms with van der Waals surface area (Å²) in [6.07, 6.45) is 4.62. The van der Waals surface area contributed by atoms with Crippen molar-refractivity contribution in [3.8, 4) is 0 Å². The maximum Gasteiger partial charge on any atom is 0.247 e. The number of amides is 2. The topological polar surface area (TPSA) is 49.4 Å². The van der Waals surface area contributed by atoms with Gasteiger partial charge >= 0.3 is 0 Å². The molecule has 94 valence electrons. The SMILES string of the molecule is O=C1CC(NC2CCSCC2)C(=O)N1C1CC1. The first kappa shape index (κ1) is 11.5. The zero-order chi connectivity index (χ0) is 11.8. The third kappa shape index (κ3) is 2.36. The normalized spacial score (nSPS) is 31.3. The average molecular weight is 254 g/mol. The van der Waals surface area contributed by atoms with E-state index in [4.69, 9.17) is 0 Å². The molecular formula is C12H18N2O2S. The van der Waals surface area contributed by atoms with Crippen LogP contribution in [0.25, 0.3) is 0 Å². The minimum Gasteiger partial charge on any atom is -0.303 e. The molecule has 0 aromatic heterocycles. The van der Waals surface area contributed by atoms with Gasteiger partial charge in [0, 0.05) is 12.1 Å². The van der Waals surface area contributed by atoms with Crippen molar-refractivity contribution in [1.29, 1.82) is 0 Å². The van der Waals surface area contributed by atoms with E-state index in [1.165, 1.54) is 16.4 Å². The summed E-state index contributed by atoms with van der Waals surface area (Å²) < 4.78 is 0. The molecule has 1 N–H and O–H groups in total. The highest BCUT2D eigenvalue weighted by atomic mass is 32.2. The largest absolute Gasteiger partial charge is 0.303 e. The molecule has 2 heterocycles. The van der Waals surface area contributed by atoms with E-state index >= 15 is 0 Å². The van der Waals surface area contributed by atoms with Gasteiger partial charge in [-0.15, -0.1) is 0 Å². The second kappa shape index (κ2) is 4.61. The van der Waals surface area contributed by atoms with Crippen molar-refractivity contribution in [1.82, 2.24) is 10.2 Å². The Kier molecular flexibility index (Phi) is 3.13. The Labute approximate surface area is 105 Å². The molecule has 0 aromatic carbocycles. The second-order valence-electron chi connectivity index (χ2n) is 5.14. The summed E-state index contributed by atoms with van der Waals surface area (Å²) >= 11 is 1.97. The first-order chi connectivity index (χ1) is 8.25. The van der Waals surface area contributed by atoms with Crippen molar-refractivity contribution in [3.05, 3.63) is 0 Å². The summed E-state index contributed by atoms with van der Waals surface area (Å²) in [6, 6.07) is 0.414. The van der Waals surface area contributed by atoms with Gasteiger partial charge in [0.2, 0.25) is 11.8 Å². The summed E-state index contributed by atoms with van der Waals surface area (Å²) in [4.78, 5) is 25.4. The average Bonchev–Trinajstić information content (AvgIpc) is 3.10. The first-order valence-corrected chi connectivity index (χ1v) is 7.61. The highest BCUT2D eigenvalue weighted by Gasteiger charge is 2.46. The van der Waals surface area contributed by atoms with Gasteiger partial charge in [0.1, 0.15) is 0 Å². The Bertz CT molecular complexity index is 337. The summed E-state index contributed by atoms with van der Waals surface area (Å²) in [5, 5.41) is 3.39. The van der Waals surface area contributed by atoms with Gasteiger partial charge in [-0.3, -0.25) is 14.5 Å². The fourth-order valence-corrected chi connectivity index (χ4v) is 3.75. The zero-order valence-electron chi connectivity index (χ0n) is 9.85. The van der Waals surface area contributed by atoms with Crippen LogP contribution in [0.4, 0.5) is 0 Å². The molecule has 1 aliphatic carbocycles. The summed E-state index contributed by atoms with van der Waals surface area (Å²) in [6.45, 7) is 0. The van der Waals surface area contributed by atoms with E-state index in [2.05, 4.69) is 5.32 Å². The standard InChI is InChI=1S/C12H18N2O2S/c15-11-7-10(12(16)14(11)9-1-2-9)13-8-3-5-17-6-4-8/h8-10,13H,1-7H2. The molecule has 0 radical (unpaired) electrons. The van der Waals surface area contributed by atoms with Gasteiger partial charge < -0.3 is 5.32 Å². The fraction of sp³-hybridized carbons (Fsp3) is 0.833. The maximum absolute atomic E-state index is 12.1. The third-order valence-corrected chi connectivity index (χ3v) is 4.80. The van der Waals surface area contributed by atoms with Crippen molar-refractivity contribution in [2.75, 3.05) is 11.5 Å². The van der Waals surface area contributed by atoms with Crippen LogP contribution < -0.4 is 5.32 Å². The Balaban J connectivity index is 1.60. The summed E-state index contributed by atoms with van der Waals surface area (Å²) in [5.74, 6) is 2.38. The van der Waals surface area contributed by atoms with Gasteiger partial charge in [-0.2, -0.15) is 11.8 Å². The van der Waals surface area contributed by atoms with Crippen molar-refractivity contribution in [2.45, 2.75) is 50.2 Å². The van der Waals surface area contributed by atoms with Crippen LogP contribution in [0.1, 0.15) is 32.1 Å². The molecule has 2 saturated heterocycles. The predicted molar refractivity (Wildman–Crippen MR) is 66.8 cm³/mol. The van der Waals surface area contributed by atoms with Gasteiger partial charge in [0.05, 0.1) is 12.5 Å². The molecular weight excluding hydrogens is 236 g/mol. The van der Waals surface area contributed by atoms with Crippen LogP contribution in [-0.4, -0.2) is 46.3 Å². The lowest BCUT2D eigenvalue weighted by Crippen LogP contribution is -2.45. The minimum atomic E-state index is -0.240. The minimum absolute atomic E-state index is 0.0238. The second-order valence-corrected chi connectivity index (χ2v) is 6.37. The number of nitrogens with zero attached hydrogens (tertiary/aromatic N) is 1. The highest BCUT2D eigenvalue weighted by Crippen LogP contribution is 2.31. The molecule has 0 bridgehead atoms. The lowest BCUT2D eigenvalue weighted by atomic mass is 10.1. The number of hydrogen-bond acceptors (Lipinski definition) is 4. The number of carbonyl (C=O) groups is 2. The van der Waals surface area contributed by atoms with Crippen molar-refractivity contribution < 1.29 is 9.59 Å². The molecule has 17 heavy (non-hydrogen) atoms. The quantitative estimate of drug-likeness (QED) is 0.756. The van der Waals surface area contributed by atoms with Crippen LogP contribution in [0.5, 0.6) is 0 Å². The van der Waals surface area contributed by atoms with Crippen LogP contribution in [0.3, 0.4) is 0 Å². The smallest absolute Gasteiger partial charge is 0.247 e. The summed E-state index contributed by atoms with van der Waals surface area (Å²) in [5.41, 5.74) is 0. The van der Waals surface area contributed by atoms with Crippen LogP contribution >= 0.6 is 11.8 Å². The number of imide groups is 1. The summed E-state index contributed by atoms with van der Waals surface area (Å²) in [7, 11) is 0. The highest BCUT2D eigenvalue weighted by molar-refractivity contribution is 7.99. The van der Waals surface area contributed by atoms with Crippen molar-refractivity contribution in [3.63, 3.8) is 0 Å². The fourth-order valence-electron chi connectivity index (χ4n) is 2.65. The van der Waals surface area contributed by atoms with Crippen molar-refractivity contribution >= 4 is 23.6 Å². The Hall–Kier alpha value is -0.550. The van der Waals surface area contributed by atoms with E-state index < -0.39 is 0 Å². The van der Waals surface area contributed by atoms with E-state index in [0.29, 0.717) is 12.5 Å². The Morgan fingerprint density at radius 2 is 1.82 bits per heavy atom. The monoisotopic (exact) mass is 254 g/mol. The van der Waals surface area contributed by atoms with E-state index in [9.17, 15) is 9.59 Å². The van der Waals surface area contributed by atoms with Crippen LogP contribution in [0.15, 0.2) is 0 Å². The molecule has 1 saturated carbocycles. The molecule has 0 aromatic rings. The number of thioether (sulfide) groups is 1. The number of nitrogens with one attached hydrogen (secondary N) is 1. The molecule has 3 fully saturated rings. The van der Waals surface area contributed by atoms with Crippen LogP contribution in [-0.2, 0) is 9.59 Å². The molecule has 1 unspecified atom stereocenters. The lowest BCUT2D eigenvalue weighted by Gasteiger charge is -2.25. The molecule has 4 nitrogen and oxygen atoms in total. The van der Waals surface area contributed by atoms with Gasteiger partial charge in [0.25, 0.3) is 0 Å². The lowest BCUT2D eigenvalue weighted by molar-refractivity contribution is -0.139. The number of rotatable bonds is 3. The molecule has 2 aliphatic heterocycles. The van der Waals surface area contributed by atoms with Gasteiger partial charge in [-0.25, -0.2) is 0 Å². The molecule has 5 heteroatoms. The molecule has 0 spiro atoms. The van der Waals surface area contributed by atoms with Gasteiger partial charge in [-0.05, 0) is 37.2 Å². The molecule has 3 aliphatic rings.